The molecule has 0 N–H and O–H groups in total. The average Bonchev–Trinajstić information content (AvgIpc) is 1.52. The van der Waals surface area contributed by atoms with Gasteiger partial charge >= 0.3 is 84.3 Å². The Hall–Kier alpha value is -13.4. The Kier molecular flexibility index (Phi) is 30.1. The minimum Gasteiger partial charge on any atom is -0.397 e. The van der Waals surface area contributed by atoms with Gasteiger partial charge in [-0.05, 0) is 145 Å². The molecule has 2 aliphatic rings. The molecule has 19 heteroatoms. The summed E-state index contributed by atoms with van der Waals surface area (Å²) < 4.78 is 58.5. The molecule has 656 valence electrons. The van der Waals surface area contributed by atoms with E-state index in [-0.39, 0.29) is 113 Å². The maximum atomic E-state index is 14.0. The van der Waals surface area contributed by atoms with Crippen LogP contribution in [0, 0.1) is 71.8 Å². The second kappa shape index (κ2) is 42.5. The van der Waals surface area contributed by atoms with Gasteiger partial charge in [0.25, 0.3) is 0 Å². The van der Waals surface area contributed by atoms with Crippen molar-refractivity contribution in [1.82, 2.24) is 39.0 Å². The zero-order chi connectivity index (χ0) is 88.0. The van der Waals surface area contributed by atoms with Crippen LogP contribution in [0.15, 0.2) is 350 Å². The summed E-state index contributed by atoms with van der Waals surface area (Å²) in [7, 11) is 4.13. The second-order valence-corrected chi connectivity index (χ2v) is 31.5. The third kappa shape index (κ3) is 20.8. The number of halogens is 4. The molecule has 2 atom stereocenters. The fourth-order valence-electron chi connectivity index (χ4n) is 16.7. The van der Waals surface area contributed by atoms with Crippen molar-refractivity contribution in [2.24, 2.45) is 24.1 Å². The topological polar surface area (TPSA) is 129 Å². The first kappa shape index (κ1) is 94.3. The average molecular weight is 2460 g/mol. The first-order chi connectivity index (χ1) is 63.1. The Morgan fingerprint density at radius 1 is 0.353 bits per heavy atom. The summed E-state index contributed by atoms with van der Waals surface area (Å²) in [6, 6.07) is 129. The summed E-state index contributed by atoms with van der Waals surface area (Å²) >= 11 is 0. The summed E-state index contributed by atoms with van der Waals surface area (Å²) in [6.07, 6.45) is 5.32. The van der Waals surface area contributed by atoms with Crippen LogP contribution in [0.1, 0.15) is 97.8 Å². The number of ketones is 1. The van der Waals surface area contributed by atoms with Gasteiger partial charge in [-0.25, -0.2) is 0 Å². The fraction of sp³-hybridized carbons (Fsp3) is 0.0789. The Balaban J connectivity index is 0.000000134. The van der Waals surface area contributed by atoms with Crippen LogP contribution in [0.2, 0.25) is 0 Å². The van der Waals surface area contributed by atoms with Gasteiger partial charge in [-0.1, -0.05) is 217 Å². The largest absolute Gasteiger partial charge is 2.00 e. The Morgan fingerprint density at radius 2 is 0.714 bits per heavy atom. The zero-order valence-corrected chi connectivity index (χ0v) is 80.9. The van der Waals surface area contributed by atoms with Gasteiger partial charge in [0.1, 0.15) is 5.78 Å². The third-order valence-corrected chi connectivity index (χ3v) is 23.1. The molecule has 8 aromatic heterocycles. The molecule has 22 rings (SSSR count). The standard InChI is InChI=1S/C31H18N2O.C31H24N2.C29H22N4.C23H12F4N2.4Pt/c34-31(25-11-5-9-23(19-25)29-27-13-3-1-7-21(27)15-17-32-29)26-12-6-10-24(20-26)30-28-14-4-2-8-22(28)16-18-33-30;1-20-26-13-3-5-15-28(26)32-30(20)24-11-7-9-22(18-24)17-23-10-8-12-25(19-23)31-21(2)27-14-4-6-16-29(27)33-31;1-32-26-15-5-3-9-20(26)17-28(32)24-13-7-11-22(30-24)19-23-12-8-14-25(31-23)29-18-21-10-4-6-16-27(21)33(29)2;24-14-7-9-18(20(26)11-14)22-5-1-3-16(28-22)13-17-4-2-6-23(29-17)19-10-8-15(25)12-21(19)27;;;;/h1-18H;3-16,20-21H,17H2,1-2H3;3-16H,19H2,1-2H3;1-8,11-12H,13H2;;;;/q4*-2;4*+2. The van der Waals surface area contributed by atoms with Crippen LogP contribution in [-0.2, 0) is 118 Å². The van der Waals surface area contributed by atoms with Gasteiger partial charge in [0.05, 0.1) is 11.4 Å². The molecule has 0 aliphatic carbocycles. The van der Waals surface area contributed by atoms with Gasteiger partial charge in [-0.2, -0.15) is 0 Å². The molecule has 12 aromatic carbocycles. The quantitative estimate of drug-likeness (QED) is 0.0535. The number of para-hydroxylation sites is 4. The van der Waals surface area contributed by atoms with E-state index < -0.39 is 23.3 Å². The molecule has 0 spiro atoms. The molecule has 10 heterocycles. The minimum absolute atomic E-state index is 0. The SMILES string of the molecule is CC1C(c2[c-]c(Cc3[c-]c(C4=Nc5ccccc5C4C)ccc3)ccc2)=Nc2ccccc21.Cn1c(-c2cccc(Cc3cccc(-c4[c-]c5ccccc5n4C)n3)n2)[c-]c2ccccc21.Fc1c[c-]c(-c2cccc(Cc3cccc(-c4[c-]cc(F)cc4F)n3)n2)c(F)c1.O=C(c1[c-]c(-c2nccc3ccccc23)ccc1)c1[c-]c(-c2nccc3ccccc23)ccc1.[Pt+2].[Pt+2].[Pt+2].[Pt+2]. The Morgan fingerprint density at radius 3 is 1.13 bits per heavy atom. The Bertz CT molecular complexity index is 7310. The summed E-state index contributed by atoms with van der Waals surface area (Å²) in [5.74, 6) is -2.50. The van der Waals surface area contributed by atoms with E-state index in [9.17, 15) is 22.4 Å². The molecule has 0 saturated carbocycles. The molecule has 0 amide bonds. The van der Waals surface area contributed by atoms with Gasteiger partial charge in [-0.15, -0.1) is 191 Å². The van der Waals surface area contributed by atoms with Crippen LogP contribution in [0.5, 0.6) is 0 Å². The van der Waals surface area contributed by atoms with Crippen molar-refractivity contribution >= 4 is 71.9 Å². The number of carbonyl (C=O) groups excluding carboxylic acids is 1. The number of benzene rings is 12. The smallest absolute Gasteiger partial charge is 0.397 e. The van der Waals surface area contributed by atoms with Crippen molar-refractivity contribution in [1.29, 1.82) is 0 Å². The van der Waals surface area contributed by atoms with Gasteiger partial charge in [0, 0.05) is 108 Å². The summed E-state index contributed by atoms with van der Waals surface area (Å²) in [4.78, 5) is 51.1. The van der Waals surface area contributed by atoms with Crippen LogP contribution in [-0.4, -0.2) is 56.2 Å². The molecule has 0 radical (unpaired) electrons. The number of hydrogen-bond donors (Lipinski definition) is 0. The number of carbonyl (C=O) groups is 1. The first-order valence-corrected chi connectivity index (χ1v) is 42.3. The van der Waals surface area contributed by atoms with Crippen LogP contribution in [0.4, 0.5) is 28.9 Å². The predicted molar refractivity (Wildman–Crippen MR) is 503 cm³/mol. The van der Waals surface area contributed by atoms with Gasteiger partial charge in [0.2, 0.25) is 0 Å². The third-order valence-electron chi connectivity index (χ3n) is 23.1. The summed E-state index contributed by atoms with van der Waals surface area (Å²) in [5, 5.41) is 6.45. The van der Waals surface area contributed by atoms with Crippen molar-refractivity contribution in [3.63, 3.8) is 0 Å². The number of nitrogens with zero attached hydrogens (tertiary/aromatic N) is 10. The summed E-state index contributed by atoms with van der Waals surface area (Å²) in [6.45, 7) is 4.45. The zero-order valence-electron chi connectivity index (χ0n) is 71.8. The number of aryl methyl sites for hydroxylation is 2. The normalized spacial score (nSPS) is 12.6. The molecular weight excluding hydrogens is 2380 g/mol. The number of rotatable bonds is 16. The van der Waals surface area contributed by atoms with Crippen LogP contribution in [0.3, 0.4) is 0 Å². The molecule has 0 fully saturated rings. The van der Waals surface area contributed by atoms with E-state index in [1.54, 1.807) is 60.9 Å². The van der Waals surface area contributed by atoms with E-state index in [1.165, 1.54) is 11.1 Å². The molecule has 0 saturated heterocycles. The van der Waals surface area contributed by atoms with E-state index in [2.05, 4.69) is 263 Å². The number of pyridine rings is 6. The minimum atomic E-state index is -0.753. The van der Waals surface area contributed by atoms with Crippen molar-refractivity contribution in [3.05, 3.63) is 479 Å². The monoisotopic (exact) mass is 2460 g/mol. The van der Waals surface area contributed by atoms with Crippen LogP contribution < -0.4 is 0 Å². The summed E-state index contributed by atoms with van der Waals surface area (Å²) in [5.41, 5.74) is 25.6. The van der Waals surface area contributed by atoms with E-state index in [0.717, 1.165) is 176 Å². The van der Waals surface area contributed by atoms with Crippen LogP contribution in [0.25, 0.3) is 111 Å². The molecular formula is C114H76F4N10OPt4. The number of fused-ring (bicyclic) bond motifs is 6. The molecule has 20 aromatic rings. The van der Waals surface area contributed by atoms with Crippen LogP contribution >= 0.6 is 0 Å². The fourth-order valence-corrected chi connectivity index (χ4v) is 16.7. The van der Waals surface area contributed by atoms with E-state index in [1.807, 2.05) is 97.1 Å². The van der Waals surface area contributed by atoms with E-state index in [0.29, 0.717) is 46.7 Å². The predicted octanol–water partition coefficient (Wildman–Crippen LogP) is 25.8. The van der Waals surface area contributed by atoms with Crippen molar-refractivity contribution in [3.8, 4) is 67.8 Å². The number of aliphatic imine (C=N–C) groups is 2. The van der Waals surface area contributed by atoms with Crippen molar-refractivity contribution in [2.75, 3.05) is 0 Å². The maximum Gasteiger partial charge on any atom is 2.00 e. The number of hydrogen-bond acceptors (Lipinski definition) is 9. The second-order valence-electron chi connectivity index (χ2n) is 31.5. The van der Waals surface area contributed by atoms with Gasteiger partial charge in [-0.3, -0.25) is 37.5 Å². The molecule has 0 bridgehead atoms. The molecule has 2 unspecified atom stereocenters. The van der Waals surface area contributed by atoms with Crippen molar-refractivity contribution < 1.29 is 107 Å². The molecule has 2 aliphatic heterocycles. The van der Waals surface area contributed by atoms with Crippen molar-refractivity contribution in [2.45, 2.75) is 44.9 Å². The first-order valence-electron chi connectivity index (χ1n) is 42.3. The molecule has 11 nitrogen and oxygen atoms in total. The van der Waals surface area contributed by atoms with Gasteiger partial charge < -0.3 is 33.9 Å². The van der Waals surface area contributed by atoms with E-state index in [4.69, 9.17) is 20.0 Å². The Labute approximate surface area is 826 Å². The molecule has 133 heavy (non-hydrogen) atoms. The number of aromatic nitrogens is 8. The van der Waals surface area contributed by atoms with Gasteiger partial charge in [0.15, 0.2) is 0 Å². The van der Waals surface area contributed by atoms with E-state index >= 15 is 0 Å². The maximum absolute atomic E-state index is 14.0.